The number of carbonyl (C=O) groups excluding carboxylic acids is 1. The van der Waals surface area contributed by atoms with E-state index in [1.807, 2.05) is 19.2 Å². The largest absolute Gasteiger partial charge is 0.353 e. The van der Waals surface area contributed by atoms with E-state index in [0.717, 1.165) is 56.9 Å². The van der Waals surface area contributed by atoms with Gasteiger partial charge in [-0.25, -0.2) is 9.38 Å². The van der Waals surface area contributed by atoms with Crippen molar-refractivity contribution < 1.29 is 9.18 Å². The summed E-state index contributed by atoms with van der Waals surface area (Å²) in [6.07, 6.45) is 8.48. The lowest BCUT2D eigenvalue weighted by Crippen LogP contribution is -2.50. The van der Waals surface area contributed by atoms with Crippen molar-refractivity contribution in [1.29, 1.82) is 0 Å². The van der Waals surface area contributed by atoms with Crippen molar-refractivity contribution in [3.05, 3.63) is 70.5 Å². The third-order valence-electron chi connectivity index (χ3n) is 7.95. The molecule has 2 aromatic carbocycles. The molecule has 0 heterocycles. The van der Waals surface area contributed by atoms with E-state index in [4.69, 9.17) is 16.6 Å². The summed E-state index contributed by atoms with van der Waals surface area (Å²) >= 11 is 6.16. The Morgan fingerprint density at radius 1 is 1.13 bits per heavy atom. The second-order valence-corrected chi connectivity index (χ2v) is 11.0. The quantitative estimate of drug-likeness (QED) is 0.195. The molecule has 7 heteroatoms. The third kappa shape index (κ3) is 8.81. The molecule has 1 fully saturated rings. The van der Waals surface area contributed by atoms with E-state index in [-0.39, 0.29) is 29.6 Å². The summed E-state index contributed by atoms with van der Waals surface area (Å²) in [6.45, 7) is 6.79. The Kier molecular flexibility index (Phi) is 12.1. The topological polar surface area (TPSA) is 65.5 Å². The van der Waals surface area contributed by atoms with E-state index < -0.39 is 5.82 Å². The van der Waals surface area contributed by atoms with Crippen LogP contribution in [-0.4, -0.2) is 31.0 Å². The standard InChI is InChI=1S/C31H44ClFN4O/c1-5-10-22(6-2)21(3)28(20-29(34-4)23-15-17-25(32)18-16-23)36-31(35-27-13-7-8-14-27)37-30(38)24-11-9-12-26(33)19-24/h9,11-12,15-19,21-22,27-29,34H,5-8,10,13-14,20H2,1-4H3,(H2,35,36,37,38). The van der Waals surface area contributed by atoms with Crippen molar-refractivity contribution >= 4 is 23.5 Å². The molecule has 0 radical (unpaired) electrons. The molecule has 0 spiro atoms. The predicted octanol–water partition coefficient (Wildman–Crippen LogP) is 7.28. The number of hydrogen-bond acceptors (Lipinski definition) is 3. The Morgan fingerprint density at radius 2 is 1.84 bits per heavy atom. The number of hydrogen-bond donors (Lipinski definition) is 3. The summed E-state index contributed by atoms with van der Waals surface area (Å²) in [6, 6.07) is 14.1. The van der Waals surface area contributed by atoms with Crippen molar-refractivity contribution in [3.8, 4) is 0 Å². The second-order valence-electron chi connectivity index (χ2n) is 10.6. The molecular weight excluding hydrogens is 499 g/mol. The fraction of sp³-hybridized carbons (Fsp3) is 0.548. The Hall–Kier alpha value is -2.44. The molecule has 4 unspecified atom stereocenters. The maximum Gasteiger partial charge on any atom is 0.258 e. The highest BCUT2D eigenvalue weighted by molar-refractivity contribution is 6.30. The van der Waals surface area contributed by atoms with E-state index in [1.165, 1.54) is 12.1 Å². The maximum atomic E-state index is 13.8. The van der Waals surface area contributed by atoms with Gasteiger partial charge < -0.3 is 10.6 Å². The number of aliphatic imine (C=N–C) groups is 1. The van der Waals surface area contributed by atoms with Gasteiger partial charge in [-0.3, -0.25) is 10.1 Å². The Morgan fingerprint density at radius 3 is 2.45 bits per heavy atom. The minimum absolute atomic E-state index is 0.0487. The van der Waals surface area contributed by atoms with Crippen molar-refractivity contribution in [2.75, 3.05) is 7.05 Å². The predicted molar refractivity (Wildman–Crippen MR) is 156 cm³/mol. The van der Waals surface area contributed by atoms with Gasteiger partial charge in [0.15, 0.2) is 5.96 Å². The lowest BCUT2D eigenvalue weighted by Gasteiger charge is -2.35. The van der Waals surface area contributed by atoms with Crippen LogP contribution in [0.4, 0.5) is 4.39 Å². The SMILES string of the molecule is CCCC(CC)C(C)C(CC(NC)c1ccc(Cl)cc1)NC(=NC1CCCC1)NC(=O)c1cccc(F)c1. The van der Waals surface area contributed by atoms with Crippen molar-refractivity contribution in [2.24, 2.45) is 16.8 Å². The van der Waals surface area contributed by atoms with Crippen LogP contribution in [0.3, 0.4) is 0 Å². The molecule has 0 bridgehead atoms. The fourth-order valence-corrected chi connectivity index (χ4v) is 5.75. The van der Waals surface area contributed by atoms with Gasteiger partial charge in [-0.1, -0.05) is 82.7 Å². The summed E-state index contributed by atoms with van der Waals surface area (Å²) in [5, 5.41) is 10.9. The number of nitrogens with zero attached hydrogens (tertiary/aromatic N) is 1. The second kappa shape index (κ2) is 15.2. The van der Waals surface area contributed by atoms with Crippen molar-refractivity contribution in [3.63, 3.8) is 0 Å². The average Bonchev–Trinajstić information content (AvgIpc) is 3.42. The highest BCUT2D eigenvalue weighted by Gasteiger charge is 2.29. The molecule has 1 aliphatic carbocycles. The molecule has 1 amide bonds. The Balaban J connectivity index is 1.90. The minimum atomic E-state index is -0.434. The van der Waals surface area contributed by atoms with Crippen LogP contribution in [0.1, 0.15) is 94.1 Å². The molecule has 0 aliphatic heterocycles. The van der Waals surface area contributed by atoms with Gasteiger partial charge in [-0.05, 0) is 74.0 Å². The van der Waals surface area contributed by atoms with Crippen LogP contribution in [0.15, 0.2) is 53.5 Å². The van der Waals surface area contributed by atoms with Gasteiger partial charge in [-0.15, -0.1) is 0 Å². The monoisotopic (exact) mass is 542 g/mol. The molecule has 1 aliphatic rings. The fourth-order valence-electron chi connectivity index (χ4n) is 5.62. The molecule has 3 rings (SSSR count). The zero-order valence-electron chi connectivity index (χ0n) is 23.3. The first kappa shape index (κ1) is 30.1. The number of carbonyl (C=O) groups is 1. The van der Waals surface area contributed by atoms with E-state index in [2.05, 4.69) is 48.9 Å². The van der Waals surface area contributed by atoms with Gasteiger partial charge in [0.05, 0.1) is 6.04 Å². The average molecular weight is 543 g/mol. The first-order valence-electron chi connectivity index (χ1n) is 14.2. The summed E-state index contributed by atoms with van der Waals surface area (Å²) < 4.78 is 13.8. The molecule has 0 aromatic heterocycles. The molecular formula is C31H44ClFN4O. The van der Waals surface area contributed by atoms with Gasteiger partial charge >= 0.3 is 0 Å². The van der Waals surface area contributed by atoms with Crippen LogP contribution in [-0.2, 0) is 0 Å². The van der Waals surface area contributed by atoms with Gasteiger partial charge in [0, 0.05) is 22.7 Å². The summed E-state index contributed by atoms with van der Waals surface area (Å²) in [5.74, 6) is 0.565. The maximum absolute atomic E-state index is 13.8. The number of amides is 1. The lowest BCUT2D eigenvalue weighted by molar-refractivity contribution is 0.0974. The smallest absolute Gasteiger partial charge is 0.258 e. The number of rotatable bonds is 12. The van der Waals surface area contributed by atoms with Gasteiger partial charge in [0.1, 0.15) is 5.82 Å². The van der Waals surface area contributed by atoms with E-state index in [0.29, 0.717) is 22.8 Å². The van der Waals surface area contributed by atoms with E-state index in [9.17, 15) is 9.18 Å². The zero-order chi connectivity index (χ0) is 27.5. The lowest BCUT2D eigenvalue weighted by atomic mass is 9.80. The molecule has 5 nitrogen and oxygen atoms in total. The highest BCUT2D eigenvalue weighted by atomic mass is 35.5. The Labute approximate surface area is 233 Å². The van der Waals surface area contributed by atoms with E-state index in [1.54, 1.807) is 12.1 Å². The summed E-state index contributed by atoms with van der Waals surface area (Å²) in [7, 11) is 1.98. The molecule has 4 atom stereocenters. The van der Waals surface area contributed by atoms with Gasteiger partial charge in [0.25, 0.3) is 5.91 Å². The van der Waals surface area contributed by atoms with Crippen molar-refractivity contribution in [1.82, 2.24) is 16.0 Å². The normalized spacial score (nSPS) is 17.6. The third-order valence-corrected chi connectivity index (χ3v) is 8.20. The molecule has 2 aromatic rings. The highest BCUT2D eigenvalue weighted by Crippen LogP contribution is 2.30. The Bertz CT molecular complexity index is 1040. The molecule has 1 saturated carbocycles. The first-order chi connectivity index (χ1) is 18.3. The zero-order valence-corrected chi connectivity index (χ0v) is 24.0. The number of nitrogens with one attached hydrogen (secondary N) is 3. The van der Waals surface area contributed by atoms with E-state index >= 15 is 0 Å². The molecule has 208 valence electrons. The number of halogens is 2. The number of guanidine groups is 1. The molecule has 0 saturated heterocycles. The molecule has 38 heavy (non-hydrogen) atoms. The van der Waals surface area contributed by atoms with Crippen LogP contribution < -0.4 is 16.0 Å². The first-order valence-corrected chi connectivity index (χ1v) is 14.6. The number of benzene rings is 2. The van der Waals surface area contributed by atoms with Gasteiger partial charge in [0.2, 0.25) is 0 Å². The summed E-state index contributed by atoms with van der Waals surface area (Å²) in [5.41, 5.74) is 1.44. The van der Waals surface area contributed by atoms with Gasteiger partial charge in [-0.2, -0.15) is 0 Å². The summed E-state index contributed by atoms with van der Waals surface area (Å²) in [4.78, 5) is 18.1. The van der Waals surface area contributed by atoms with Crippen LogP contribution >= 0.6 is 11.6 Å². The molecule has 3 N–H and O–H groups in total. The minimum Gasteiger partial charge on any atom is -0.353 e. The van der Waals surface area contributed by atoms with Crippen LogP contribution in [0.25, 0.3) is 0 Å². The van der Waals surface area contributed by atoms with Crippen LogP contribution in [0.5, 0.6) is 0 Å². The van der Waals surface area contributed by atoms with Crippen molar-refractivity contribution in [2.45, 2.75) is 90.3 Å². The van der Waals surface area contributed by atoms with Crippen LogP contribution in [0, 0.1) is 17.7 Å². The van der Waals surface area contributed by atoms with Crippen LogP contribution in [0.2, 0.25) is 5.02 Å².